The smallest absolute Gasteiger partial charge is 0.260 e. The lowest BCUT2D eigenvalue weighted by molar-refractivity contribution is 0.0845. The van der Waals surface area contributed by atoms with Crippen molar-refractivity contribution in [3.8, 4) is 6.07 Å². The van der Waals surface area contributed by atoms with Crippen LogP contribution in [-0.2, 0) is 0 Å². The average Bonchev–Trinajstić information content (AvgIpc) is 2.34. The molecule has 4 nitrogen and oxygen atoms in total. The summed E-state index contributed by atoms with van der Waals surface area (Å²) >= 11 is 3.27. The first-order chi connectivity index (χ1) is 8.63. The van der Waals surface area contributed by atoms with Crippen LogP contribution in [0.1, 0.15) is 26.3 Å². The molecule has 0 aliphatic carbocycles. The Balaban J connectivity index is 2.62. The van der Waals surface area contributed by atoms with E-state index in [-0.39, 0.29) is 11.1 Å². The number of amides is 2. The Morgan fingerprint density at radius 1 is 1.22 bits per heavy atom. The van der Waals surface area contributed by atoms with Gasteiger partial charge in [0.25, 0.3) is 11.8 Å². The number of nitriles is 1. The summed E-state index contributed by atoms with van der Waals surface area (Å²) in [4.78, 5) is 23.7. The van der Waals surface area contributed by atoms with Gasteiger partial charge >= 0.3 is 0 Å². The lowest BCUT2D eigenvalue weighted by Crippen LogP contribution is -2.35. The molecule has 0 saturated heterocycles. The fourth-order valence-electron chi connectivity index (χ4n) is 2.18. The van der Waals surface area contributed by atoms with Crippen LogP contribution in [0.2, 0.25) is 0 Å². The molecule has 18 heavy (non-hydrogen) atoms. The summed E-state index contributed by atoms with van der Waals surface area (Å²) in [6.07, 6.45) is 0. The second-order valence-corrected chi connectivity index (χ2v) is 4.76. The molecule has 0 radical (unpaired) electrons. The molecule has 1 aliphatic heterocycles. The highest BCUT2D eigenvalue weighted by molar-refractivity contribution is 9.10. The summed E-state index contributed by atoms with van der Waals surface area (Å²) in [6.45, 7) is 0. The molecule has 0 atom stereocenters. The van der Waals surface area contributed by atoms with E-state index in [1.54, 1.807) is 24.3 Å². The summed E-state index contributed by atoms with van der Waals surface area (Å²) in [5.74, 6) is -0.953. The quantitative estimate of drug-likeness (QED) is 0.759. The van der Waals surface area contributed by atoms with Crippen LogP contribution in [-0.4, -0.2) is 11.8 Å². The highest BCUT2D eigenvalue weighted by atomic mass is 79.9. The van der Waals surface area contributed by atoms with Gasteiger partial charge in [0.15, 0.2) is 0 Å². The summed E-state index contributed by atoms with van der Waals surface area (Å²) < 4.78 is 0.550. The molecule has 0 unspecified atom stereocenters. The molecule has 5 heteroatoms. The lowest BCUT2D eigenvalue weighted by Gasteiger charge is -2.18. The van der Waals surface area contributed by atoms with Gasteiger partial charge in [-0.2, -0.15) is 5.26 Å². The van der Waals surface area contributed by atoms with Gasteiger partial charge in [0.2, 0.25) is 0 Å². The number of rotatable bonds is 0. The van der Waals surface area contributed by atoms with Gasteiger partial charge < -0.3 is 0 Å². The molecule has 0 spiro atoms. The second-order valence-electron chi connectivity index (χ2n) is 3.91. The molecule has 2 amide bonds. The first-order valence-corrected chi connectivity index (χ1v) is 5.94. The van der Waals surface area contributed by atoms with E-state index in [2.05, 4.69) is 21.2 Å². The van der Waals surface area contributed by atoms with Crippen LogP contribution in [0.3, 0.4) is 0 Å². The zero-order valence-corrected chi connectivity index (χ0v) is 10.5. The molecule has 1 aliphatic rings. The number of nitrogens with zero attached hydrogens (tertiary/aromatic N) is 1. The number of carbonyl (C=O) groups excluding carboxylic acids is 2. The zero-order valence-electron chi connectivity index (χ0n) is 8.95. The predicted molar refractivity (Wildman–Crippen MR) is 68.2 cm³/mol. The fraction of sp³-hybridized carbons (Fsp3) is 0. The van der Waals surface area contributed by atoms with E-state index in [0.29, 0.717) is 15.4 Å². The number of imide groups is 1. The maximum atomic E-state index is 11.9. The van der Waals surface area contributed by atoms with Gasteiger partial charge in [-0.25, -0.2) is 0 Å². The van der Waals surface area contributed by atoms with Gasteiger partial charge in [0, 0.05) is 15.4 Å². The highest BCUT2D eigenvalue weighted by Crippen LogP contribution is 2.33. The SMILES string of the molecule is N#Cc1c(Br)cc2cccc3c2c1C(=O)NC3=O. The Labute approximate surface area is 110 Å². The van der Waals surface area contributed by atoms with E-state index in [1.165, 1.54) is 0 Å². The van der Waals surface area contributed by atoms with Crippen LogP contribution < -0.4 is 5.32 Å². The molecule has 1 heterocycles. The molecular weight excluding hydrogens is 296 g/mol. The number of hydrogen-bond acceptors (Lipinski definition) is 3. The maximum Gasteiger partial charge on any atom is 0.260 e. The van der Waals surface area contributed by atoms with Gasteiger partial charge in [-0.3, -0.25) is 14.9 Å². The monoisotopic (exact) mass is 300 g/mol. The summed E-state index contributed by atoms with van der Waals surface area (Å²) in [6, 6.07) is 8.93. The molecule has 0 aromatic heterocycles. The van der Waals surface area contributed by atoms with E-state index < -0.39 is 11.8 Å². The molecule has 86 valence electrons. The van der Waals surface area contributed by atoms with Crippen LogP contribution in [0, 0.1) is 11.3 Å². The number of benzene rings is 2. The summed E-state index contributed by atoms with van der Waals surface area (Å²) in [5, 5.41) is 12.7. The minimum atomic E-state index is -0.526. The van der Waals surface area contributed by atoms with Crippen molar-refractivity contribution >= 4 is 38.5 Å². The standard InChI is InChI=1S/C13H5BrN2O2/c14-9-4-6-2-1-3-7-10(6)11(8(9)5-15)13(18)16-12(7)17/h1-4H,(H,16,17,18). The zero-order chi connectivity index (χ0) is 12.9. The normalized spacial score (nSPS) is 13.3. The third-order valence-corrected chi connectivity index (χ3v) is 3.55. The number of halogens is 1. The van der Waals surface area contributed by atoms with E-state index in [4.69, 9.17) is 5.26 Å². The number of carbonyl (C=O) groups is 2. The number of hydrogen-bond donors (Lipinski definition) is 1. The largest absolute Gasteiger partial charge is 0.288 e. The van der Waals surface area contributed by atoms with Crippen LogP contribution in [0.25, 0.3) is 10.8 Å². The Kier molecular flexibility index (Phi) is 2.22. The first-order valence-electron chi connectivity index (χ1n) is 5.14. The Morgan fingerprint density at radius 3 is 2.72 bits per heavy atom. The van der Waals surface area contributed by atoms with Crippen molar-refractivity contribution in [3.63, 3.8) is 0 Å². The van der Waals surface area contributed by atoms with Gasteiger partial charge in [0.1, 0.15) is 6.07 Å². The molecule has 2 aromatic rings. The number of nitrogens with one attached hydrogen (secondary N) is 1. The second kappa shape index (κ2) is 3.65. The van der Waals surface area contributed by atoms with Gasteiger partial charge in [-0.15, -0.1) is 0 Å². The highest BCUT2D eigenvalue weighted by Gasteiger charge is 2.28. The summed E-state index contributed by atoms with van der Waals surface area (Å²) in [7, 11) is 0. The van der Waals surface area contributed by atoms with Crippen LogP contribution in [0.4, 0.5) is 0 Å². The van der Waals surface area contributed by atoms with Crippen molar-refractivity contribution in [3.05, 3.63) is 45.4 Å². The molecule has 3 rings (SSSR count). The van der Waals surface area contributed by atoms with Crippen molar-refractivity contribution in [2.75, 3.05) is 0 Å². The topological polar surface area (TPSA) is 70.0 Å². The Bertz CT molecular complexity index is 775. The van der Waals surface area contributed by atoms with Crippen molar-refractivity contribution in [2.45, 2.75) is 0 Å². The molecule has 0 saturated carbocycles. The first kappa shape index (κ1) is 10.9. The van der Waals surface area contributed by atoms with E-state index in [1.807, 2.05) is 6.07 Å². The lowest BCUT2D eigenvalue weighted by atomic mass is 9.92. The van der Waals surface area contributed by atoms with Crippen LogP contribution in [0.15, 0.2) is 28.7 Å². The van der Waals surface area contributed by atoms with Crippen LogP contribution in [0.5, 0.6) is 0 Å². The van der Waals surface area contributed by atoms with Crippen molar-refractivity contribution < 1.29 is 9.59 Å². The van der Waals surface area contributed by atoms with Crippen molar-refractivity contribution in [2.24, 2.45) is 0 Å². The predicted octanol–water partition coefficient (Wildman–Crippen LogP) is 2.36. The van der Waals surface area contributed by atoms with Gasteiger partial charge in [-0.05, 0) is 33.4 Å². The van der Waals surface area contributed by atoms with E-state index in [0.717, 1.165) is 5.39 Å². The minimum absolute atomic E-state index is 0.250. The maximum absolute atomic E-state index is 11.9. The fourth-order valence-corrected chi connectivity index (χ4v) is 2.71. The van der Waals surface area contributed by atoms with E-state index >= 15 is 0 Å². The Morgan fingerprint density at radius 2 is 2.00 bits per heavy atom. The molecular formula is C13H5BrN2O2. The molecule has 0 bridgehead atoms. The van der Waals surface area contributed by atoms with Gasteiger partial charge in [0.05, 0.1) is 11.1 Å². The summed E-state index contributed by atoms with van der Waals surface area (Å²) in [5.41, 5.74) is 0.933. The van der Waals surface area contributed by atoms with E-state index in [9.17, 15) is 9.59 Å². The third-order valence-electron chi connectivity index (χ3n) is 2.93. The van der Waals surface area contributed by atoms with Gasteiger partial charge in [-0.1, -0.05) is 12.1 Å². The molecule has 0 fully saturated rings. The van der Waals surface area contributed by atoms with Crippen LogP contribution >= 0.6 is 15.9 Å². The van der Waals surface area contributed by atoms with Crippen molar-refractivity contribution in [1.29, 1.82) is 5.26 Å². The molecule has 2 aromatic carbocycles. The minimum Gasteiger partial charge on any atom is -0.288 e. The van der Waals surface area contributed by atoms with Crippen molar-refractivity contribution in [1.82, 2.24) is 5.32 Å². The Hall–Kier alpha value is -2.19. The average molecular weight is 301 g/mol. The third kappa shape index (κ3) is 1.30. The molecule has 1 N–H and O–H groups in total.